The van der Waals surface area contributed by atoms with E-state index in [1.54, 1.807) is 0 Å². The molecule has 0 spiro atoms. The zero-order chi connectivity index (χ0) is 19.2. The summed E-state index contributed by atoms with van der Waals surface area (Å²) in [4.78, 5) is 5.00. The topological polar surface area (TPSA) is 61.0 Å². The summed E-state index contributed by atoms with van der Waals surface area (Å²) in [5.41, 5.74) is 3.81. The number of nitrogens with one attached hydrogen (secondary N) is 4. The van der Waals surface area contributed by atoms with Crippen LogP contribution in [0.25, 0.3) is 0 Å². The molecule has 4 N–H and O–H groups in total. The Hall–Kier alpha value is 0.613. The summed E-state index contributed by atoms with van der Waals surface area (Å²) in [5, 5.41) is 15.4. The fourth-order valence-corrected chi connectivity index (χ4v) is 5.33. The van der Waals surface area contributed by atoms with Crippen molar-refractivity contribution >= 4 is 0 Å². The minimum Gasteiger partial charge on any atom is -0.358 e. The average Bonchev–Trinajstić information content (AvgIpc) is 2.74. The van der Waals surface area contributed by atoms with Crippen molar-refractivity contribution in [3.05, 3.63) is 36.5 Å². The summed E-state index contributed by atoms with van der Waals surface area (Å²) in [7, 11) is 0. The van der Waals surface area contributed by atoms with Crippen LogP contribution < -0.4 is 21.3 Å². The molecule has 1 aromatic heterocycles. The molecule has 2 bridgehead atoms. The van der Waals surface area contributed by atoms with Gasteiger partial charge in [0.05, 0.1) is 11.4 Å². The van der Waals surface area contributed by atoms with E-state index in [9.17, 15) is 0 Å². The molecule has 2 aliphatic carbocycles. The largest absolute Gasteiger partial charge is 0.358 e. The summed E-state index contributed by atoms with van der Waals surface area (Å²) < 4.78 is 0. The molecule has 0 aromatic carbocycles. The second-order valence-corrected chi connectivity index (χ2v) is 8.98. The molecule has 7 heteroatoms. The molecular weight excluding hydrogens is 502 g/mol. The molecular formula is C24H42MnN5Y-. The van der Waals surface area contributed by atoms with Crippen molar-refractivity contribution in [3.63, 3.8) is 0 Å². The van der Waals surface area contributed by atoms with Crippen LogP contribution in [0.2, 0.25) is 0 Å². The zero-order valence-electron chi connectivity index (χ0n) is 19.6. The minimum atomic E-state index is 0. The first-order valence-corrected chi connectivity index (χ1v) is 11.7. The maximum atomic E-state index is 5.00. The van der Waals surface area contributed by atoms with Gasteiger partial charge in [0.25, 0.3) is 0 Å². The maximum Gasteiger partial charge on any atom is 0.0548 e. The molecule has 31 heavy (non-hydrogen) atoms. The number of nitrogens with zero attached hydrogens (tertiary/aromatic N) is 1. The predicted octanol–water partition coefficient (Wildman–Crippen LogP) is 3.08. The van der Waals surface area contributed by atoms with E-state index in [1.165, 1.54) is 68.3 Å². The van der Waals surface area contributed by atoms with Crippen LogP contribution in [0.1, 0.15) is 75.2 Å². The Balaban J connectivity index is 0.00000160. The first-order valence-electron chi connectivity index (χ1n) is 11.7. The van der Waals surface area contributed by atoms with E-state index < -0.39 is 0 Å². The molecule has 2 heterocycles. The van der Waals surface area contributed by atoms with Gasteiger partial charge in [-0.3, -0.25) is 4.98 Å². The van der Waals surface area contributed by atoms with E-state index in [0.29, 0.717) is 24.2 Å². The van der Waals surface area contributed by atoms with Gasteiger partial charge in [-0.1, -0.05) is 32.6 Å². The molecule has 0 amide bonds. The number of rotatable bonds is 1. The van der Waals surface area contributed by atoms with Gasteiger partial charge in [0, 0.05) is 100 Å². The molecule has 1 aliphatic heterocycles. The minimum absolute atomic E-state index is 0. The van der Waals surface area contributed by atoms with Gasteiger partial charge in [0.1, 0.15) is 0 Å². The first-order chi connectivity index (χ1) is 13.8. The fourth-order valence-electron chi connectivity index (χ4n) is 5.33. The Morgan fingerprint density at radius 1 is 0.742 bits per heavy atom. The van der Waals surface area contributed by atoms with Crippen molar-refractivity contribution < 1.29 is 49.8 Å². The van der Waals surface area contributed by atoms with Gasteiger partial charge in [0.15, 0.2) is 0 Å². The van der Waals surface area contributed by atoms with Crippen molar-refractivity contribution in [3.8, 4) is 0 Å². The Bertz CT molecular complexity index is 584. The SMILES string of the molecule is CCc1cc2nc(c1)CN[C@@H]1CCCC[C@H]1NCCN[C@@H]1CCCC[C@H]1NC2.[CH3-].[Mn].[Y]. The van der Waals surface area contributed by atoms with Crippen LogP contribution in [0.4, 0.5) is 0 Å². The summed E-state index contributed by atoms with van der Waals surface area (Å²) in [6, 6.07) is 6.91. The van der Waals surface area contributed by atoms with Gasteiger partial charge >= 0.3 is 0 Å². The predicted molar refractivity (Wildman–Crippen MR) is 122 cm³/mol. The van der Waals surface area contributed by atoms with Crippen molar-refractivity contribution in [2.24, 2.45) is 0 Å². The summed E-state index contributed by atoms with van der Waals surface area (Å²) in [6.07, 6.45) is 11.6. The van der Waals surface area contributed by atoms with Crippen molar-refractivity contribution in [2.45, 2.75) is 102 Å². The van der Waals surface area contributed by atoms with E-state index in [0.717, 1.165) is 32.6 Å². The molecule has 3 aliphatic rings. The van der Waals surface area contributed by atoms with Crippen LogP contribution in [-0.2, 0) is 69.3 Å². The summed E-state index contributed by atoms with van der Waals surface area (Å²) >= 11 is 0. The van der Waals surface area contributed by atoms with Crippen molar-refractivity contribution in [1.82, 2.24) is 26.3 Å². The second-order valence-electron chi connectivity index (χ2n) is 8.98. The van der Waals surface area contributed by atoms with Gasteiger partial charge in [-0.25, -0.2) is 0 Å². The number of pyridine rings is 1. The van der Waals surface area contributed by atoms with Gasteiger partial charge in [-0.2, -0.15) is 0 Å². The van der Waals surface area contributed by atoms with Crippen LogP contribution >= 0.6 is 0 Å². The first kappa shape index (κ1) is 29.6. The number of fused-ring (bicyclic) bond motifs is 4. The van der Waals surface area contributed by atoms with Gasteiger partial charge in [0.2, 0.25) is 0 Å². The molecule has 4 rings (SSSR count). The van der Waals surface area contributed by atoms with Crippen LogP contribution in [0.15, 0.2) is 12.1 Å². The number of aryl methyl sites for hydroxylation is 1. The van der Waals surface area contributed by atoms with E-state index in [1.807, 2.05) is 0 Å². The number of hydrogen-bond acceptors (Lipinski definition) is 5. The van der Waals surface area contributed by atoms with E-state index >= 15 is 0 Å². The molecule has 4 atom stereocenters. The van der Waals surface area contributed by atoms with Crippen molar-refractivity contribution in [1.29, 1.82) is 0 Å². The standard InChI is InChI=1S/C23H39N5.CH3.Mn.Y/c1-2-17-13-18-15-26-22-9-5-3-7-20(22)24-11-12-25-21-8-4-6-10-23(21)27-16-19(14-17)28-18;;;/h13-14,20-27H,2-12,15-16H2,1H3;1H3;;/q;-1;;/t20-,21-,22-,23-;;;/m1.../s1. The molecule has 2 radical (unpaired) electrons. The monoisotopic (exact) mass is 544 g/mol. The summed E-state index contributed by atoms with van der Waals surface area (Å²) in [6.45, 7) is 6.15. The second kappa shape index (κ2) is 15.5. The molecule has 1 aromatic rings. The third-order valence-corrected chi connectivity index (χ3v) is 6.96. The summed E-state index contributed by atoms with van der Waals surface area (Å²) in [5.74, 6) is 0. The Morgan fingerprint density at radius 3 is 1.52 bits per heavy atom. The molecule has 0 unspecified atom stereocenters. The molecule has 5 nitrogen and oxygen atoms in total. The van der Waals surface area contributed by atoms with E-state index in [-0.39, 0.29) is 57.2 Å². The Labute approximate surface area is 226 Å². The Morgan fingerprint density at radius 2 is 1.13 bits per heavy atom. The van der Waals surface area contributed by atoms with Crippen LogP contribution in [-0.4, -0.2) is 42.2 Å². The Kier molecular flexibility index (Phi) is 14.8. The normalized spacial score (nSPS) is 29.3. The molecule has 174 valence electrons. The van der Waals surface area contributed by atoms with Crippen LogP contribution in [0.3, 0.4) is 0 Å². The maximum absolute atomic E-state index is 5.00. The smallest absolute Gasteiger partial charge is 0.0548 e. The number of hydrogen-bond donors (Lipinski definition) is 4. The van der Waals surface area contributed by atoms with Gasteiger partial charge < -0.3 is 28.7 Å². The van der Waals surface area contributed by atoms with Crippen LogP contribution in [0, 0.1) is 7.43 Å². The van der Waals surface area contributed by atoms with E-state index in [2.05, 4.69) is 40.3 Å². The van der Waals surface area contributed by atoms with Crippen LogP contribution in [0.5, 0.6) is 0 Å². The zero-order valence-corrected chi connectivity index (χ0v) is 23.6. The quantitative estimate of drug-likeness (QED) is 0.324. The third kappa shape index (κ3) is 8.72. The number of aromatic nitrogens is 1. The van der Waals surface area contributed by atoms with Crippen molar-refractivity contribution in [2.75, 3.05) is 13.1 Å². The molecule has 0 saturated heterocycles. The van der Waals surface area contributed by atoms with Gasteiger partial charge in [-0.05, 0) is 49.8 Å². The van der Waals surface area contributed by atoms with E-state index in [4.69, 9.17) is 4.98 Å². The third-order valence-electron chi connectivity index (χ3n) is 6.96. The molecule has 2 saturated carbocycles. The fraction of sp³-hybridized carbons (Fsp3) is 0.750. The molecule has 2 fully saturated rings. The van der Waals surface area contributed by atoms with Gasteiger partial charge in [-0.15, -0.1) is 0 Å². The average molecular weight is 544 g/mol.